The molecule has 2 aliphatic rings. The van der Waals surface area contributed by atoms with Crippen molar-refractivity contribution < 1.29 is 23.2 Å². The number of hydrogen-bond acceptors (Lipinski definition) is 10. The Morgan fingerprint density at radius 2 is 2.17 bits per heavy atom. The van der Waals surface area contributed by atoms with E-state index in [0.29, 0.717) is 12.3 Å². The number of imidazole rings is 1. The van der Waals surface area contributed by atoms with Crippen LogP contribution < -0.4 is 11.3 Å². The third-order valence-corrected chi connectivity index (χ3v) is 18.2. The van der Waals surface area contributed by atoms with Crippen LogP contribution in [-0.4, -0.2) is 68.8 Å². The number of aliphatic hydroxyl groups is 1. The van der Waals surface area contributed by atoms with Crippen LogP contribution in [0.5, 0.6) is 0 Å². The van der Waals surface area contributed by atoms with Crippen LogP contribution >= 0.6 is 17.5 Å². The number of nitrogens with one attached hydrogen (secondary N) is 1. The predicted octanol–water partition coefficient (Wildman–Crippen LogP) is 5.08. The van der Waals surface area contributed by atoms with Gasteiger partial charge in [-0.1, -0.05) is 56.1 Å². The zero-order valence-corrected chi connectivity index (χ0v) is 28.4. The number of rotatable bonds is 9. The minimum Gasteiger partial charge on any atom is -0.408 e. The average molecular weight is 648 g/mol. The number of anilines is 1. The molecular formula is C26H43FN5O5PS2Si. The van der Waals surface area contributed by atoms with E-state index in [1.165, 1.54) is 22.3 Å². The van der Waals surface area contributed by atoms with E-state index in [0.717, 1.165) is 18.4 Å². The van der Waals surface area contributed by atoms with Crippen molar-refractivity contribution in [3.05, 3.63) is 28.8 Å². The molecule has 4 N–H and O–H groups in total. The highest BCUT2D eigenvalue weighted by molar-refractivity contribution is 8.63. The molecule has 0 aromatic carbocycles. The van der Waals surface area contributed by atoms with E-state index in [-0.39, 0.29) is 28.8 Å². The number of nitrogen functional groups attached to an aromatic ring is 1. The second-order valence-corrected chi connectivity index (χ2v) is 23.2. The molecule has 1 saturated heterocycles. The van der Waals surface area contributed by atoms with Gasteiger partial charge in [-0.05, 0) is 57.2 Å². The molecule has 0 bridgehead atoms. The fourth-order valence-corrected chi connectivity index (χ4v) is 11.7. The Bertz CT molecular complexity index is 1370. The summed E-state index contributed by atoms with van der Waals surface area (Å²) in [6.45, 7) is 18.5. The zero-order valence-electron chi connectivity index (χ0n) is 24.8. The monoisotopic (exact) mass is 647 g/mol. The molecule has 2 aromatic heterocycles. The van der Waals surface area contributed by atoms with Gasteiger partial charge in [-0.2, -0.15) is 4.98 Å². The number of nitrogens with two attached hydrogens (primary N) is 1. The van der Waals surface area contributed by atoms with Crippen LogP contribution in [-0.2, 0) is 25.5 Å². The Hall–Kier alpha value is -1.12. The third-order valence-electron chi connectivity index (χ3n) is 8.81. The Labute approximate surface area is 251 Å². The molecule has 15 heteroatoms. The van der Waals surface area contributed by atoms with Gasteiger partial charge < -0.3 is 24.5 Å². The molecule has 1 aliphatic carbocycles. The Morgan fingerprint density at radius 1 is 1.49 bits per heavy atom. The number of H-pyrrole nitrogens is 1. The molecule has 3 heterocycles. The van der Waals surface area contributed by atoms with Crippen LogP contribution in [0.4, 0.5) is 10.3 Å². The second kappa shape index (κ2) is 12.1. The number of allylic oxidation sites excluding steroid dienone is 1. The van der Waals surface area contributed by atoms with E-state index in [9.17, 15) is 9.90 Å². The maximum absolute atomic E-state index is 16.3. The van der Waals surface area contributed by atoms with Gasteiger partial charge >= 0.3 is 0 Å². The van der Waals surface area contributed by atoms with Gasteiger partial charge in [0.1, 0.15) is 18.3 Å². The summed E-state index contributed by atoms with van der Waals surface area (Å²) in [5.41, 5.74) is 6.50. The van der Waals surface area contributed by atoms with Crippen molar-refractivity contribution in [3.63, 3.8) is 0 Å². The number of aromatic amines is 1. The number of alkyl halides is 1. The van der Waals surface area contributed by atoms with E-state index in [2.05, 4.69) is 55.4 Å². The van der Waals surface area contributed by atoms with Crippen LogP contribution in [0.1, 0.15) is 60.1 Å². The topological polar surface area (TPSA) is 138 Å². The van der Waals surface area contributed by atoms with Crippen molar-refractivity contribution in [1.29, 1.82) is 0 Å². The maximum atomic E-state index is 16.3. The lowest BCUT2D eigenvalue weighted by Crippen LogP contribution is -2.49. The molecule has 10 nitrogen and oxygen atoms in total. The fraction of sp³-hybridized carbons (Fsp3) is 0.731. The first-order valence-corrected chi connectivity index (χ1v) is 20.8. The number of halogens is 1. The van der Waals surface area contributed by atoms with Gasteiger partial charge in [-0.25, -0.2) is 9.37 Å². The summed E-state index contributed by atoms with van der Waals surface area (Å²) >= 11 is 7.26. The highest BCUT2D eigenvalue weighted by Gasteiger charge is 2.52. The summed E-state index contributed by atoms with van der Waals surface area (Å²) in [6, 6.07) is 0. The summed E-state index contributed by atoms with van der Waals surface area (Å²) in [5.74, 6) is 0.202. The number of fused-ring (bicyclic) bond motifs is 1. The number of hydrogen-bond donors (Lipinski definition) is 3. The van der Waals surface area contributed by atoms with E-state index in [1.807, 2.05) is 13.8 Å². The second-order valence-electron chi connectivity index (χ2n) is 12.9. The fourth-order valence-electron chi connectivity index (χ4n) is 5.04. The molecule has 4 rings (SSSR count). The van der Waals surface area contributed by atoms with E-state index >= 15 is 4.39 Å². The summed E-state index contributed by atoms with van der Waals surface area (Å²) in [4.78, 5) is 23.0. The highest BCUT2D eigenvalue weighted by Crippen LogP contribution is 2.55. The lowest BCUT2D eigenvalue weighted by Gasteiger charge is -2.41. The van der Waals surface area contributed by atoms with Gasteiger partial charge in [-0.3, -0.25) is 14.3 Å². The van der Waals surface area contributed by atoms with Crippen molar-refractivity contribution >= 4 is 54.7 Å². The third kappa shape index (κ3) is 6.85. The van der Waals surface area contributed by atoms with Crippen molar-refractivity contribution in [2.75, 3.05) is 12.3 Å². The standard InChI is InChI=1S/C26H43FN5O5PS2Si/c1-14(2)15-9-10-26(6,17(33)11-15)40-38(39)35-12-16-20(37-41(7,8)25(3,4)5)18(27)23(36-16)32-13-29-19-21(32)30-24(28)31-22(19)34/h13,15-18,20,23,33,38H,1,9-12H2,2-8H3,(H3,28,30,31,34)/t15-,16+,17+,18+,20?,23+,26+/m0/s1. The molecule has 0 spiro atoms. The summed E-state index contributed by atoms with van der Waals surface area (Å²) in [7, 11) is -2.42. The van der Waals surface area contributed by atoms with Gasteiger partial charge in [0, 0.05) is 4.75 Å². The first kappa shape index (κ1) is 32.8. The number of aliphatic hydroxyl groups excluding tert-OH is 1. The molecule has 2 aromatic rings. The molecule has 41 heavy (non-hydrogen) atoms. The van der Waals surface area contributed by atoms with Gasteiger partial charge in [0.2, 0.25) is 5.95 Å². The van der Waals surface area contributed by atoms with Gasteiger partial charge in [-0.15, -0.1) is 0 Å². The SMILES string of the molecule is C=C(C)[C@H]1CC[C@@](C)(S[PH](=S)OC[C@H]2O[C@@H](n3cnc4c(=O)[nH]c(N)nc43)[C@H](F)C2O[Si](C)(C)C(C)(C)C)[C@H](O)C1. The summed E-state index contributed by atoms with van der Waals surface area (Å²) in [5, 5.41) is 10.8. The largest absolute Gasteiger partial charge is 0.408 e. The summed E-state index contributed by atoms with van der Waals surface area (Å²) < 4.78 is 36.2. The Morgan fingerprint density at radius 3 is 2.78 bits per heavy atom. The average Bonchev–Trinajstić information content (AvgIpc) is 3.39. The Kier molecular flexibility index (Phi) is 9.68. The molecule has 0 amide bonds. The lowest BCUT2D eigenvalue weighted by atomic mass is 9.77. The normalized spacial score (nSPS) is 31.9. The van der Waals surface area contributed by atoms with Gasteiger partial charge in [0.05, 0.1) is 19.0 Å². The maximum Gasteiger partial charge on any atom is 0.280 e. The van der Waals surface area contributed by atoms with E-state index in [4.69, 9.17) is 31.2 Å². The zero-order chi connectivity index (χ0) is 30.5. The highest BCUT2D eigenvalue weighted by atomic mass is 32.9. The van der Waals surface area contributed by atoms with Crippen LogP contribution in [0.3, 0.4) is 0 Å². The smallest absolute Gasteiger partial charge is 0.280 e. The number of nitrogens with zero attached hydrogens (tertiary/aromatic N) is 3. The first-order chi connectivity index (χ1) is 18.9. The molecule has 2 unspecified atom stereocenters. The van der Waals surface area contributed by atoms with Crippen molar-refractivity contribution in [3.8, 4) is 0 Å². The van der Waals surface area contributed by atoms with Crippen LogP contribution in [0.2, 0.25) is 18.1 Å². The van der Waals surface area contributed by atoms with Crippen LogP contribution in [0.15, 0.2) is 23.3 Å². The Balaban J connectivity index is 1.53. The van der Waals surface area contributed by atoms with Crippen molar-refractivity contribution in [1.82, 2.24) is 19.5 Å². The van der Waals surface area contributed by atoms with Crippen LogP contribution in [0, 0.1) is 5.92 Å². The van der Waals surface area contributed by atoms with Crippen molar-refractivity contribution in [2.24, 2.45) is 5.92 Å². The summed E-state index contributed by atoms with van der Waals surface area (Å²) in [6.07, 6.45) is -3.08. The lowest BCUT2D eigenvalue weighted by molar-refractivity contribution is -0.0377. The minimum atomic E-state index is -2.42. The molecule has 1 aliphatic heterocycles. The molecule has 0 radical (unpaired) electrons. The van der Waals surface area contributed by atoms with Crippen molar-refractivity contribution in [2.45, 2.75) is 107 Å². The van der Waals surface area contributed by atoms with E-state index in [1.54, 1.807) is 0 Å². The van der Waals surface area contributed by atoms with Gasteiger partial charge in [0.15, 0.2) is 31.9 Å². The molecule has 2 fully saturated rings. The quantitative estimate of drug-likeness (QED) is 0.192. The number of ether oxygens (including phenoxy) is 1. The molecule has 8 atom stereocenters. The molecule has 1 saturated carbocycles. The molecular weight excluding hydrogens is 605 g/mol. The van der Waals surface area contributed by atoms with Crippen LogP contribution in [0.25, 0.3) is 11.2 Å². The minimum absolute atomic E-state index is 0.0321. The van der Waals surface area contributed by atoms with E-state index < -0.39 is 55.5 Å². The van der Waals surface area contributed by atoms with Gasteiger partial charge in [0.25, 0.3) is 5.56 Å². The predicted molar refractivity (Wildman–Crippen MR) is 169 cm³/mol. The first-order valence-electron chi connectivity index (χ1n) is 13.8. The molecule has 230 valence electrons. The number of aromatic nitrogens is 4.